The summed E-state index contributed by atoms with van der Waals surface area (Å²) in [4.78, 5) is 15.0. The van der Waals surface area contributed by atoms with Crippen molar-refractivity contribution in [3.8, 4) is 11.5 Å². The van der Waals surface area contributed by atoms with Gasteiger partial charge in [-0.3, -0.25) is 4.79 Å². The highest BCUT2D eigenvalue weighted by Crippen LogP contribution is 2.41. The normalized spacial score (nSPS) is 20.9. The second kappa shape index (κ2) is 6.56. The van der Waals surface area contributed by atoms with Crippen LogP contribution in [0, 0.1) is 0 Å². The third-order valence-electron chi connectivity index (χ3n) is 5.03. The molecule has 2 aliphatic rings. The van der Waals surface area contributed by atoms with Crippen LogP contribution in [0.4, 0.5) is 5.69 Å². The van der Waals surface area contributed by atoms with E-state index in [9.17, 15) is 4.79 Å². The lowest BCUT2D eigenvalue weighted by Crippen LogP contribution is -2.43. The summed E-state index contributed by atoms with van der Waals surface area (Å²) in [5.41, 5.74) is 3.65. The Kier molecular flexibility index (Phi) is 4.23. The van der Waals surface area contributed by atoms with Gasteiger partial charge in [0.25, 0.3) is 5.91 Å². The maximum absolute atomic E-state index is 13.1. The minimum atomic E-state index is -0.280. The van der Waals surface area contributed by atoms with E-state index in [0.717, 1.165) is 41.2 Å². The topological polar surface area (TPSA) is 50.8 Å². The van der Waals surface area contributed by atoms with E-state index >= 15 is 0 Å². The lowest BCUT2D eigenvalue weighted by molar-refractivity contribution is 0.0681. The smallest absolute Gasteiger partial charge is 0.257 e. The van der Waals surface area contributed by atoms with Crippen molar-refractivity contribution in [2.45, 2.75) is 39.0 Å². The molecule has 0 fully saturated rings. The van der Waals surface area contributed by atoms with Gasteiger partial charge in [-0.2, -0.15) is 0 Å². The summed E-state index contributed by atoms with van der Waals surface area (Å²) in [6.07, 6.45) is 1.65. The minimum Gasteiger partial charge on any atom is -0.496 e. The molecule has 5 heteroatoms. The number of benzene rings is 2. The van der Waals surface area contributed by atoms with Gasteiger partial charge in [0, 0.05) is 29.8 Å². The van der Waals surface area contributed by atoms with Gasteiger partial charge in [0.15, 0.2) is 0 Å². The van der Waals surface area contributed by atoms with Crippen LogP contribution in [-0.2, 0) is 6.42 Å². The zero-order valence-corrected chi connectivity index (χ0v) is 15.4. The molecule has 4 rings (SSSR count). The Morgan fingerprint density at radius 1 is 1.31 bits per heavy atom. The maximum Gasteiger partial charge on any atom is 0.257 e. The Hall–Kier alpha value is -2.69. The van der Waals surface area contributed by atoms with Gasteiger partial charge in [0.05, 0.1) is 12.7 Å². The highest BCUT2D eigenvalue weighted by Gasteiger charge is 2.35. The summed E-state index contributed by atoms with van der Waals surface area (Å²) in [5.74, 6) is 1.72. The average Bonchev–Trinajstić information content (AvgIpc) is 3.01. The van der Waals surface area contributed by atoms with Crippen LogP contribution in [-0.4, -0.2) is 30.6 Å². The number of amides is 1. The van der Waals surface area contributed by atoms with Crippen molar-refractivity contribution in [2.24, 2.45) is 0 Å². The van der Waals surface area contributed by atoms with Crippen LogP contribution in [0.25, 0.3) is 0 Å². The summed E-state index contributed by atoms with van der Waals surface area (Å²) in [5, 5.41) is 3.53. The van der Waals surface area contributed by atoms with Gasteiger partial charge in [-0.05, 0) is 37.6 Å². The number of para-hydroxylation sites is 1. The minimum absolute atomic E-state index is 0.0445. The second-order valence-electron chi connectivity index (χ2n) is 6.93. The number of carbonyl (C=O) groups is 1. The Morgan fingerprint density at radius 3 is 2.88 bits per heavy atom. The molecule has 2 aromatic carbocycles. The zero-order chi connectivity index (χ0) is 18.3. The van der Waals surface area contributed by atoms with E-state index in [2.05, 4.69) is 19.2 Å². The number of rotatable bonds is 4. The molecule has 0 aliphatic carbocycles. The molecule has 5 nitrogen and oxygen atoms in total. The number of fused-ring (bicyclic) bond motifs is 2. The first-order chi connectivity index (χ1) is 12.6. The van der Waals surface area contributed by atoms with Gasteiger partial charge in [0.1, 0.15) is 23.8 Å². The van der Waals surface area contributed by atoms with Crippen LogP contribution < -0.4 is 14.8 Å². The van der Waals surface area contributed by atoms with Crippen molar-refractivity contribution < 1.29 is 14.3 Å². The molecule has 0 saturated heterocycles. The average molecular weight is 352 g/mol. The Labute approximate surface area is 153 Å². The first-order valence-electron chi connectivity index (χ1n) is 9.16. The molecule has 0 spiro atoms. The highest BCUT2D eigenvalue weighted by molar-refractivity contribution is 6.01. The van der Waals surface area contributed by atoms with Crippen LogP contribution >= 0.6 is 0 Å². The lowest BCUT2D eigenvalue weighted by atomic mass is 10.00. The Bertz CT molecular complexity index is 849. The van der Waals surface area contributed by atoms with Gasteiger partial charge < -0.3 is 19.7 Å². The molecule has 0 saturated carbocycles. The van der Waals surface area contributed by atoms with Gasteiger partial charge in [-0.1, -0.05) is 19.1 Å². The van der Waals surface area contributed by atoms with Crippen LogP contribution in [0.2, 0.25) is 0 Å². The van der Waals surface area contributed by atoms with Gasteiger partial charge in [0.2, 0.25) is 0 Å². The SMILES string of the molecule is CCCN1C(=O)c2ccccc2N[C@H]1c1cc2c(cc1OC)C[C@@H](C)O2. The zero-order valence-electron chi connectivity index (χ0n) is 15.4. The molecule has 0 radical (unpaired) electrons. The summed E-state index contributed by atoms with van der Waals surface area (Å²) in [6.45, 7) is 4.81. The fourth-order valence-electron chi connectivity index (χ4n) is 3.86. The first kappa shape index (κ1) is 16.8. The molecule has 1 amide bonds. The van der Waals surface area contributed by atoms with Crippen molar-refractivity contribution in [3.05, 3.63) is 53.1 Å². The van der Waals surface area contributed by atoms with Crippen molar-refractivity contribution in [3.63, 3.8) is 0 Å². The number of anilines is 1. The van der Waals surface area contributed by atoms with Crippen LogP contribution in [0.1, 0.15) is 47.9 Å². The summed E-state index contributed by atoms with van der Waals surface area (Å²) < 4.78 is 11.6. The van der Waals surface area contributed by atoms with Crippen molar-refractivity contribution >= 4 is 11.6 Å². The largest absolute Gasteiger partial charge is 0.496 e. The maximum atomic E-state index is 13.1. The number of methoxy groups -OCH3 is 1. The number of nitrogens with zero attached hydrogens (tertiary/aromatic N) is 1. The number of hydrogen-bond donors (Lipinski definition) is 1. The Morgan fingerprint density at radius 2 is 2.12 bits per heavy atom. The van der Waals surface area contributed by atoms with E-state index in [1.54, 1.807) is 7.11 Å². The van der Waals surface area contributed by atoms with Crippen molar-refractivity contribution in [2.75, 3.05) is 19.0 Å². The molecule has 2 heterocycles. The quantitative estimate of drug-likeness (QED) is 0.904. The molecule has 26 heavy (non-hydrogen) atoms. The summed E-state index contributed by atoms with van der Waals surface area (Å²) in [6, 6.07) is 11.7. The van der Waals surface area contributed by atoms with Gasteiger partial charge in [-0.15, -0.1) is 0 Å². The molecule has 0 unspecified atom stereocenters. The summed E-state index contributed by atoms with van der Waals surface area (Å²) >= 11 is 0. The molecular weight excluding hydrogens is 328 g/mol. The predicted octanol–water partition coefficient (Wildman–Crippen LogP) is 4.00. The molecule has 136 valence electrons. The highest BCUT2D eigenvalue weighted by atomic mass is 16.5. The molecule has 2 aliphatic heterocycles. The standard InChI is InChI=1S/C21H24N2O3/c1-4-9-23-20(22-17-8-6-5-7-15(17)21(23)24)16-12-18-14(10-13(2)26-18)11-19(16)25-3/h5-8,11-13,20,22H,4,9-10H2,1-3H3/t13-,20-/m1/s1. The molecule has 2 aromatic rings. The molecule has 0 bridgehead atoms. The summed E-state index contributed by atoms with van der Waals surface area (Å²) in [7, 11) is 1.67. The van der Waals surface area contributed by atoms with Crippen LogP contribution in [0.15, 0.2) is 36.4 Å². The van der Waals surface area contributed by atoms with E-state index in [1.165, 1.54) is 0 Å². The van der Waals surface area contributed by atoms with E-state index in [4.69, 9.17) is 9.47 Å². The van der Waals surface area contributed by atoms with Gasteiger partial charge in [-0.25, -0.2) is 0 Å². The Balaban J connectivity index is 1.81. The number of nitrogens with one attached hydrogen (secondary N) is 1. The third kappa shape index (κ3) is 2.68. The van der Waals surface area contributed by atoms with E-state index in [1.807, 2.05) is 41.3 Å². The van der Waals surface area contributed by atoms with Crippen LogP contribution in [0.3, 0.4) is 0 Å². The number of hydrogen-bond acceptors (Lipinski definition) is 4. The first-order valence-corrected chi connectivity index (χ1v) is 9.16. The molecular formula is C21H24N2O3. The number of carbonyl (C=O) groups excluding carboxylic acids is 1. The van der Waals surface area contributed by atoms with Crippen molar-refractivity contribution in [1.82, 2.24) is 4.90 Å². The van der Waals surface area contributed by atoms with Crippen molar-refractivity contribution in [1.29, 1.82) is 0 Å². The predicted molar refractivity (Wildman–Crippen MR) is 101 cm³/mol. The monoisotopic (exact) mass is 352 g/mol. The molecule has 0 aromatic heterocycles. The van der Waals surface area contributed by atoms with Crippen LogP contribution in [0.5, 0.6) is 11.5 Å². The third-order valence-corrected chi connectivity index (χ3v) is 5.03. The fraction of sp³-hybridized carbons (Fsp3) is 0.381. The molecule has 2 atom stereocenters. The van der Waals surface area contributed by atoms with E-state index in [-0.39, 0.29) is 18.2 Å². The molecule has 1 N–H and O–H groups in total. The fourth-order valence-corrected chi connectivity index (χ4v) is 3.86. The van der Waals surface area contributed by atoms with E-state index < -0.39 is 0 Å². The lowest BCUT2D eigenvalue weighted by Gasteiger charge is -2.38. The van der Waals surface area contributed by atoms with Gasteiger partial charge >= 0.3 is 0 Å². The second-order valence-corrected chi connectivity index (χ2v) is 6.93. The van der Waals surface area contributed by atoms with E-state index in [0.29, 0.717) is 12.1 Å². The number of ether oxygens (including phenoxy) is 2.